The van der Waals surface area contributed by atoms with Crippen molar-refractivity contribution in [2.24, 2.45) is 5.92 Å². The van der Waals surface area contributed by atoms with Gasteiger partial charge in [0.05, 0.1) is 0 Å². The molecule has 0 saturated heterocycles. The number of carbonyl (C=O) groups is 1. The molecular weight excluding hydrogens is 244 g/mol. The van der Waals surface area contributed by atoms with Gasteiger partial charge >= 0.3 is 0 Å². The molecule has 0 spiro atoms. The molecule has 1 aliphatic carbocycles. The SMILES string of the molecule is CCC1C/C=C/C=C/C=C/CCCCCCCC(=O)C1. The molecule has 112 valence electrons. The van der Waals surface area contributed by atoms with Crippen LogP contribution in [0.4, 0.5) is 0 Å². The smallest absolute Gasteiger partial charge is 0.133 e. The van der Waals surface area contributed by atoms with Crippen molar-refractivity contribution < 1.29 is 4.79 Å². The third-order valence-corrected chi connectivity index (χ3v) is 4.00. The van der Waals surface area contributed by atoms with Gasteiger partial charge in [0.15, 0.2) is 0 Å². The quantitative estimate of drug-likeness (QED) is 0.592. The predicted octanol–water partition coefficient (Wildman–Crippen LogP) is 5.77. The van der Waals surface area contributed by atoms with Gasteiger partial charge in [0.2, 0.25) is 0 Å². The molecule has 1 nitrogen and oxygen atoms in total. The number of rotatable bonds is 1. The minimum Gasteiger partial charge on any atom is -0.300 e. The summed E-state index contributed by atoms with van der Waals surface area (Å²) < 4.78 is 0. The second-order valence-electron chi connectivity index (χ2n) is 5.80. The third-order valence-electron chi connectivity index (χ3n) is 4.00. The summed E-state index contributed by atoms with van der Waals surface area (Å²) in [7, 11) is 0. The van der Waals surface area contributed by atoms with Crippen molar-refractivity contribution in [1.82, 2.24) is 0 Å². The molecule has 0 amide bonds. The van der Waals surface area contributed by atoms with Gasteiger partial charge < -0.3 is 0 Å². The molecule has 0 bridgehead atoms. The van der Waals surface area contributed by atoms with Crippen LogP contribution in [0.3, 0.4) is 0 Å². The van der Waals surface area contributed by atoms with E-state index in [1.54, 1.807) is 0 Å². The number of ketones is 1. The Morgan fingerprint density at radius 3 is 2.45 bits per heavy atom. The molecule has 0 saturated carbocycles. The van der Waals surface area contributed by atoms with E-state index in [1.807, 2.05) is 0 Å². The average molecular weight is 274 g/mol. The molecule has 20 heavy (non-hydrogen) atoms. The normalized spacial score (nSPS) is 28.4. The van der Waals surface area contributed by atoms with Gasteiger partial charge in [-0.15, -0.1) is 0 Å². The van der Waals surface area contributed by atoms with Crippen LogP contribution in [0, 0.1) is 5.92 Å². The molecule has 1 aliphatic rings. The first-order valence-electron chi connectivity index (χ1n) is 8.33. The Labute approximate surface area is 124 Å². The summed E-state index contributed by atoms with van der Waals surface area (Å²) in [5.41, 5.74) is 0. The molecule has 0 aromatic rings. The summed E-state index contributed by atoms with van der Waals surface area (Å²) in [6.07, 6.45) is 23.9. The Kier molecular flexibility index (Phi) is 9.91. The van der Waals surface area contributed by atoms with E-state index < -0.39 is 0 Å². The van der Waals surface area contributed by atoms with Crippen molar-refractivity contribution in [3.8, 4) is 0 Å². The van der Waals surface area contributed by atoms with Gasteiger partial charge in [0.25, 0.3) is 0 Å². The van der Waals surface area contributed by atoms with Gasteiger partial charge in [-0.1, -0.05) is 69.1 Å². The van der Waals surface area contributed by atoms with Gasteiger partial charge in [-0.05, 0) is 31.6 Å². The topological polar surface area (TPSA) is 17.1 Å². The van der Waals surface area contributed by atoms with Crippen molar-refractivity contribution in [2.45, 2.75) is 71.1 Å². The van der Waals surface area contributed by atoms with Crippen LogP contribution in [0.25, 0.3) is 0 Å². The maximum Gasteiger partial charge on any atom is 0.133 e. The largest absolute Gasteiger partial charge is 0.300 e. The van der Waals surface area contributed by atoms with Crippen LogP contribution in [0.2, 0.25) is 0 Å². The lowest BCUT2D eigenvalue weighted by Crippen LogP contribution is -2.07. The van der Waals surface area contributed by atoms with Crippen molar-refractivity contribution in [3.05, 3.63) is 36.5 Å². The standard InChI is InChI=1S/C19H30O/c1-2-18-15-13-11-9-7-5-3-4-6-8-10-12-14-16-19(20)17-18/h3,5,7,9,11,13,18H,2,4,6,8,10,12,14-17H2,1H3/b5-3+,9-7+,13-11+. The van der Waals surface area contributed by atoms with Gasteiger partial charge in [-0.2, -0.15) is 0 Å². The zero-order valence-electron chi connectivity index (χ0n) is 13.0. The summed E-state index contributed by atoms with van der Waals surface area (Å²) >= 11 is 0. The molecule has 0 fully saturated rings. The summed E-state index contributed by atoms with van der Waals surface area (Å²) in [6, 6.07) is 0. The monoisotopic (exact) mass is 274 g/mol. The number of Topliss-reactive ketones (excluding diaryl/α,β-unsaturated/α-hetero) is 1. The Morgan fingerprint density at radius 1 is 0.950 bits per heavy atom. The van der Waals surface area contributed by atoms with Gasteiger partial charge in [0, 0.05) is 12.8 Å². The highest BCUT2D eigenvalue weighted by molar-refractivity contribution is 5.78. The van der Waals surface area contributed by atoms with Crippen molar-refractivity contribution >= 4 is 5.78 Å². The second kappa shape index (κ2) is 11.7. The molecule has 1 heteroatoms. The van der Waals surface area contributed by atoms with Crippen LogP contribution in [-0.2, 0) is 4.79 Å². The van der Waals surface area contributed by atoms with Gasteiger partial charge in [-0.3, -0.25) is 4.79 Å². The Bertz CT molecular complexity index is 336. The summed E-state index contributed by atoms with van der Waals surface area (Å²) in [5.74, 6) is 0.991. The molecule has 0 aromatic carbocycles. The van der Waals surface area contributed by atoms with Crippen molar-refractivity contribution in [3.63, 3.8) is 0 Å². The molecule has 0 aliphatic heterocycles. The number of allylic oxidation sites excluding steroid dienone is 6. The predicted molar refractivity (Wildman–Crippen MR) is 87.8 cm³/mol. The third kappa shape index (κ3) is 8.90. The second-order valence-corrected chi connectivity index (χ2v) is 5.80. The van der Waals surface area contributed by atoms with Crippen LogP contribution in [0.5, 0.6) is 0 Å². The maximum atomic E-state index is 12.0. The fraction of sp³-hybridized carbons (Fsp3) is 0.632. The Hall–Kier alpha value is -1.11. The first-order valence-corrected chi connectivity index (χ1v) is 8.33. The molecule has 0 heterocycles. The molecule has 0 radical (unpaired) electrons. The van der Waals surface area contributed by atoms with Crippen molar-refractivity contribution in [2.75, 3.05) is 0 Å². The van der Waals surface area contributed by atoms with E-state index >= 15 is 0 Å². The first kappa shape index (κ1) is 16.9. The van der Waals surface area contributed by atoms with Gasteiger partial charge in [0.1, 0.15) is 5.78 Å². The molecule has 1 rings (SSSR count). The minimum absolute atomic E-state index is 0.465. The van der Waals surface area contributed by atoms with E-state index in [2.05, 4.69) is 43.4 Å². The van der Waals surface area contributed by atoms with E-state index in [1.165, 1.54) is 32.1 Å². The Balaban J connectivity index is 2.48. The van der Waals surface area contributed by atoms with Crippen LogP contribution < -0.4 is 0 Å². The van der Waals surface area contributed by atoms with Crippen LogP contribution >= 0.6 is 0 Å². The first-order chi connectivity index (χ1) is 9.83. The zero-order valence-corrected chi connectivity index (χ0v) is 13.0. The highest BCUT2D eigenvalue weighted by atomic mass is 16.1. The van der Waals surface area contributed by atoms with Crippen LogP contribution in [0.1, 0.15) is 71.1 Å². The molecular formula is C19H30O. The summed E-state index contributed by atoms with van der Waals surface area (Å²) in [5, 5.41) is 0. The highest BCUT2D eigenvalue weighted by Crippen LogP contribution is 2.17. The van der Waals surface area contributed by atoms with Gasteiger partial charge in [-0.25, -0.2) is 0 Å². The van der Waals surface area contributed by atoms with E-state index in [4.69, 9.17) is 0 Å². The number of carbonyl (C=O) groups excluding carboxylic acids is 1. The highest BCUT2D eigenvalue weighted by Gasteiger charge is 2.10. The molecule has 0 N–H and O–H groups in total. The van der Waals surface area contributed by atoms with Crippen LogP contribution in [0.15, 0.2) is 36.5 Å². The lowest BCUT2D eigenvalue weighted by Gasteiger charge is -2.11. The summed E-state index contributed by atoms with van der Waals surface area (Å²) in [6.45, 7) is 2.19. The number of hydrogen-bond acceptors (Lipinski definition) is 1. The van der Waals surface area contributed by atoms with E-state index in [0.29, 0.717) is 11.7 Å². The zero-order chi connectivity index (χ0) is 14.5. The lowest BCUT2D eigenvalue weighted by atomic mass is 9.93. The van der Waals surface area contributed by atoms with E-state index in [-0.39, 0.29) is 0 Å². The fourth-order valence-electron chi connectivity index (χ4n) is 2.59. The molecule has 1 atom stereocenters. The number of hydrogen-bond donors (Lipinski definition) is 0. The van der Waals surface area contributed by atoms with E-state index in [9.17, 15) is 4.79 Å². The lowest BCUT2D eigenvalue weighted by molar-refractivity contribution is -0.120. The van der Waals surface area contributed by atoms with E-state index in [0.717, 1.165) is 32.1 Å². The Morgan fingerprint density at radius 2 is 1.65 bits per heavy atom. The van der Waals surface area contributed by atoms with Crippen molar-refractivity contribution in [1.29, 1.82) is 0 Å². The maximum absolute atomic E-state index is 12.0. The van der Waals surface area contributed by atoms with Crippen LogP contribution in [-0.4, -0.2) is 5.78 Å². The minimum atomic E-state index is 0.465. The molecule has 0 aromatic heterocycles. The fourth-order valence-corrected chi connectivity index (χ4v) is 2.59. The molecule has 1 unspecified atom stereocenters. The average Bonchev–Trinajstić information content (AvgIpc) is 2.45. The summed E-state index contributed by atoms with van der Waals surface area (Å²) in [4.78, 5) is 12.0.